The number of carbonyl (C=O) groups is 1. The van der Waals surface area contributed by atoms with Gasteiger partial charge >= 0.3 is 0 Å². The number of halogens is 2. The van der Waals surface area contributed by atoms with Crippen molar-refractivity contribution in [3.8, 4) is 0 Å². The van der Waals surface area contributed by atoms with Crippen LogP contribution in [0.15, 0.2) is 28.4 Å². The molecule has 1 N–H and O–H groups in total. The highest BCUT2D eigenvalue weighted by Crippen LogP contribution is 2.41. The summed E-state index contributed by atoms with van der Waals surface area (Å²) in [5.74, 6) is -0.219. The molecule has 1 heterocycles. The summed E-state index contributed by atoms with van der Waals surface area (Å²) in [7, 11) is 0. The number of hydrogen-bond acceptors (Lipinski definition) is 3. The van der Waals surface area contributed by atoms with E-state index in [4.69, 9.17) is 4.74 Å². The number of hydrogen-bond donors (Lipinski definition) is 1. The standard InChI is InChI=1S/C15H16BrIO3/c1-14(2)12(18)11(13(19)15(3,4)20-14)9-7-8(16)5-6-10(9)17/h5-7,18H,1-4H3. The van der Waals surface area contributed by atoms with Crippen molar-refractivity contribution >= 4 is 49.9 Å². The summed E-state index contributed by atoms with van der Waals surface area (Å²) in [4.78, 5) is 12.6. The number of aliphatic hydroxyl groups excluding tert-OH is 1. The summed E-state index contributed by atoms with van der Waals surface area (Å²) >= 11 is 5.57. The average molecular weight is 451 g/mol. The van der Waals surface area contributed by atoms with Crippen LogP contribution in [0.3, 0.4) is 0 Å². The molecule has 20 heavy (non-hydrogen) atoms. The lowest BCUT2D eigenvalue weighted by atomic mass is 9.83. The molecule has 2 rings (SSSR count). The molecule has 0 saturated heterocycles. The molecule has 0 bridgehead atoms. The summed E-state index contributed by atoms with van der Waals surface area (Å²) in [6.07, 6.45) is 0. The van der Waals surface area contributed by atoms with E-state index < -0.39 is 11.2 Å². The predicted octanol–water partition coefficient (Wildman–Crippen LogP) is 4.48. The second kappa shape index (κ2) is 5.10. The second-order valence-electron chi connectivity index (χ2n) is 5.80. The minimum absolute atomic E-state index is 0.0159. The van der Waals surface area contributed by atoms with Gasteiger partial charge in [-0.05, 0) is 68.5 Å². The van der Waals surface area contributed by atoms with E-state index in [1.165, 1.54) is 0 Å². The topological polar surface area (TPSA) is 46.5 Å². The highest BCUT2D eigenvalue weighted by atomic mass is 127. The molecule has 108 valence electrons. The first kappa shape index (κ1) is 16.0. The highest BCUT2D eigenvalue weighted by Gasteiger charge is 2.47. The first-order valence-electron chi connectivity index (χ1n) is 6.20. The minimum atomic E-state index is -0.962. The van der Waals surface area contributed by atoms with Gasteiger partial charge in [-0.3, -0.25) is 4.79 Å². The summed E-state index contributed by atoms with van der Waals surface area (Å²) in [6.45, 7) is 6.99. The van der Waals surface area contributed by atoms with E-state index in [2.05, 4.69) is 38.5 Å². The fourth-order valence-corrected chi connectivity index (χ4v) is 3.35. The van der Waals surface area contributed by atoms with Gasteiger partial charge in [0.15, 0.2) is 5.78 Å². The Morgan fingerprint density at radius 1 is 1.20 bits per heavy atom. The number of carbonyl (C=O) groups excluding carboxylic acids is 1. The number of rotatable bonds is 1. The second-order valence-corrected chi connectivity index (χ2v) is 7.88. The van der Waals surface area contributed by atoms with Gasteiger partial charge in [-0.15, -0.1) is 0 Å². The van der Waals surface area contributed by atoms with Gasteiger partial charge in [-0.1, -0.05) is 15.9 Å². The molecule has 1 aromatic rings. The first-order valence-corrected chi connectivity index (χ1v) is 8.07. The van der Waals surface area contributed by atoms with E-state index in [-0.39, 0.29) is 11.5 Å². The summed E-state index contributed by atoms with van der Waals surface area (Å²) in [6, 6.07) is 5.66. The molecule has 1 aliphatic heterocycles. The van der Waals surface area contributed by atoms with Gasteiger partial charge in [-0.2, -0.15) is 0 Å². The molecule has 0 aromatic heterocycles. The van der Waals surface area contributed by atoms with Crippen LogP contribution in [0.5, 0.6) is 0 Å². The van der Waals surface area contributed by atoms with E-state index in [1.807, 2.05) is 18.2 Å². The lowest BCUT2D eigenvalue weighted by Crippen LogP contribution is -2.49. The van der Waals surface area contributed by atoms with Gasteiger partial charge in [0.2, 0.25) is 0 Å². The molecule has 0 spiro atoms. The van der Waals surface area contributed by atoms with Crippen LogP contribution in [0.1, 0.15) is 33.3 Å². The van der Waals surface area contributed by atoms with Crippen molar-refractivity contribution in [1.82, 2.24) is 0 Å². The van der Waals surface area contributed by atoms with Crippen LogP contribution in [-0.2, 0) is 9.53 Å². The smallest absolute Gasteiger partial charge is 0.198 e. The average Bonchev–Trinajstić information content (AvgIpc) is 2.30. The SMILES string of the molecule is CC1(C)OC(C)(C)C(O)=C(c2cc(Br)ccc2I)C1=O. The zero-order valence-corrected chi connectivity index (χ0v) is 15.5. The Morgan fingerprint density at radius 3 is 2.40 bits per heavy atom. The molecule has 3 nitrogen and oxygen atoms in total. The minimum Gasteiger partial charge on any atom is -0.508 e. The Balaban J connectivity index is 2.74. The Kier molecular flexibility index (Phi) is 4.08. The van der Waals surface area contributed by atoms with Crippen LogP contribution in [0.2, 0.25) is 0 Å². The lowest BCUT2D eigenvalue weighted by molar-refractivity contribution is -0.158. The van der Waals surface area contributed by atoms with Crippen molar-refractivity contribution in [1.29, 1.82) is 0 Å². The van der Waals surface area contributed by atoms with E-state index >= 15 is 0 Å². The zero-order valence-electron chi connectivity index (χ0n) is 11.8. The zero-order chi connectivity index (χ0) is 15.3. The molecular weight excluding hydrogens is 435 g/mol. The molecule has 0 saturated carbocycles. The van der Waals surface area contributed by atoms with Crippen molar-refractivity contribution in [2.45, 2.75) is 38.9 Å². The molecule has 0 fully saturated rings. The van der Waals surface area contributed by atoms with Crippen molar-refractivity contribution in [3.05, 3.63) is 37.6 Å². The molecule has 0 unspecified atom stereocenters. The van der Waals surface area contributed by atoms with Gasteiger partial charge in [0.25, 0.3) is 0 Å². The molecule has 0 radical (unpaired) electrons. The van der Waals surface area contributed by atoms with Crippen molar-refractivity contribution < 1.29 is 14.6 Å². The van der Waals surface area contributed by atoms with Crippen LogP contribution in [-0.4, -0.2) is 22.1 Å². The van der Waals surface area contributed by atoms with Crippen molar-refractivity contribution in [2.24, 2.45) is 0 Å². The fourth-order valence-electron chi connectivity index (χ4n) is 2.38. The number of Topliss-reactive ketones (excluding diaryl/α,β-unsaturated/α-hetero) is 1. The maximum Gasteiger partial charge on any atom is 0.198 e. The maximum atomic E-state index is 12.6. The Morgan fingerprint density at radius 2 is 1.80 bits per heavy atom. The molecule has 0 atom stereocenters. The third-order valence-electron chi connectivity index (χ3n) is 3.29. The number of ether oxygens (including phenoxy) is 1. The lowest BCUT2D eigenvalue weighted by Gasteiger charge is -2.40. The largest absolute Gasteiger partial charge is 0.508 e. The number of ketones is 1. The van der Waals surface area contributed by atoms with Gasteiger partial charge in [0, 0.05) is 13.6 Å². The van der Waals surface area contributed by atoms with Crippen molar-refractivity contribution in [2.75, 3.05) is 0 Å². The molecule has 0 aliphatic carbocycles. The normalized spacial score (nSPS) is 21.2. The molecule has 0 amide bonds. The van der Waals surface area contributed by atoms with E-state index in [0.717, 1.165) is 13.6 Å². The molecule has 5 heteroatoms. The van der Waals surface area contributed by atoms with Crippen molar-refractivity contribution in [3.63, 3.8) is 0 Å². The quantitative estimate of drug-likeness (QED) is 0.641. The van der Waals surface area contributed by atoms with Gasteiger partial charge in [0.05, 0.1) is 5.57 Å². The highest BCUT2D eigenvalue weighted by molar-refractivity contribution is 14.1. The predicted molar refractivity (Wildman–Crippen MR) is 90.7 cm³/mol. The fraction of sp³-hybridized carbons (Fsp3) is 0.400. The first-order chi connectivity index (χ1) is 9.06. The van der Waals surface area contributed by atoms with Gasteiger partial charge in [0.1, 0.15) is 17.0 Å². The molecule has 1 aromatic carbocycles. The third-order valence-corrected chi connectivity index (χ3v) is 4.72. The van der Waals surface area contributed by atoms with E-state index in [0.29, 0.717) is 5.57 Å². The third kappa shape index (κ3) is 2.67. The van der Waals surface area contributed by atoms with Crippen LogP contribution < -0.4 is 0 Å². The molecule has 1 aliphatic rings. The van der Waals surface area contributed by atoms with Gasteiger partial charge < -0.3 is 9.84 Å². The summed E-state index contributed by atoms with van der Waals surface area (Å²) in [5.41, 5.74) is -0.780. The van der Waals surface area contributed by atoms with Gasteiger partial charge in [-0.25, -0.2) is 0 Å². The maximum absolute atomic E-state index is 12.6. The Labute approximate surface area is 140 Å². The van der Waals surface area contributed by atoms with Crippen LogP contribution in [0.4, 0.5) is 0 Å². The Hall–Kier alpha value is -0.400. The Bertz CT molecular complexity index is 618. The van der Waals surface area contributed by atoms with Crippen LogP contribution in [0.25, 0.3) is 5.57 Å². The van der Waals surface area contributed by atoms with E-state index in [9.17, 15) is 9.90 Å². The summed E-state index contributed by atoms with van der Waals surface area (Å²) < 4.78 is 7.51. The van der Waals surface area contributed by atoms with E-state index in [1.54, 1.807) is 27.7 Å². The monoisotopic (exact) mass is 450 g/mol. The van der Waals surface area contributed by atoms with Crippen LogP contribution >= 0.6 is 38.5 Å². The molecular formula is C15H16BrIO3. The van der Waals surface area contributed by atoms with Crippen LogP contribution in [0, 0.1) is 3.57 Å². The number of benzene rings is 1. The summed E-state index contributed by atoms with van der Waals surface area (Å²) in [5, 5.41) is 10.5. The number of aliphatic hydroxyl groups is 1.